The highest BCUT2D eigenvalue weighted by Gasteiger charge is 2.21. The smallest absolute Gasteiger partial charge is 0.261 e. The number of sulfone groups is 1. The standard InChI is InChI=1S/C15H18N2O3S2/c1-16-10-5-11-17-15(18)13-8-9-14(21-13)22(19,20)12-6-3-2-4-7-12/h2-4,6-9,16H,5,10-11H2,1H3,(H,17,18). The number of nitrogens with one attached hydrogen (secondary N) is 2. The maximum absolute atomic E-state index is 12.4. The lowest BCUT2D eigenvalue weighted by molar-refractivity contribution is 0.0957. The number of hydrogen-bond donors (Lipinski definition) is 2. The van der Waals surface area contributed by atoms with E-state index in [1.54, 1.807) is 36.4 Å². The van der Waals surface area contributed by atoms with Gasteiger partial charge in [-0.2, -0.15) is 0 Å². The molecule has 1 amide bonds. The maximum atomic E-state index is 12.4. The third-order valence-electron chi connectivity index (χ3n) is 3.01. The van der Waals surface area contributed by atoms with Crippen LogP contribution in [0.5, 0.6) is 0 Å². The van der Waals surface area contributed by atoms with Gasteiger partial charge >= 0.3 is 0 Å². The van der Waals surface area contributed by atoms with Crippen molar-refractivity contribution in [3.63, 3.8) is 0 Å². The van der Waals surface area contributed by atoms with Gasteiger partial charge in [0.1, 0.15) is 4.21 Å². The summed E-state index contributed by atoms with van der Waals surface area (Å²) in [6, 6.07) is 11.2. The maximum Gasteiger partial charge on any atom is 0.261 e. The molecule has 0 saturated heterocycles. The van der Waals surface area contributed by atoms with Crippen LogP contribution in [-0.4, -0.2) is 34.5 Å². The van der Waals surface area contributed by atoms with Gasteiger partial charge < -0.3 is 10.6 Å². The minimum Gasteiger partial charge on any atom is -0.351 e. The quantitative estimate of drug-likeness (QED) is 0.756. The van der Waals surface area contributed by atoms with Gasteiger partial charge in [0.2, 0.25) is 9.84 Å². The van der Waals surface area contributed by atoms with Gasteiger partial charge in [0.25, 0.3) is 5.91 Å². The fourth-order valence-electron chi connectivity index (χ4n) is 1.86. The van der Waals surface area contributed by atoms with Gasteiger partial charge in [-0.25, -0.2) is 8.42 Å². The highest BCUT2D eigenvalue weighted by Crippen LogP contribution is 2.27. The fraction of sp³-hybridized carbons (Fsp3) is 0.267. The lowest BCUT2D eigenvalue weighted by Gasteiger charge is -2.03. The molecule has 1 heterocycles. The van der Waals surface area contributed by atoms with Crippen molar-refractivity contribution in [2.75, 3.05) is 20.1 Å². The zero-order valence-electron chi connectivity index (χ0n) is 12.2. The SMILES string of the molecule is CNCCCNC(=O)c1ccc(S(=O)(=O)c2ccccc2)s1. The van der Waals surface area contributed by atoms with Crippen LogP contribution in [0.15, 0.2) is 51.6 Å². The van der Waals surface area contributed by atoms with Crippen molar-refractivity contribution in [3.05, 3.63) is 47.3 Å². The molecule has 7 heteroatoms. The summed E-state index contributed by atoms with van der Waals surface area (Å²) in [5, 5.41) is 5.77. The Morgan fingerprint density at radius 1 is 1.09 bits per heavy atom. The predicted octanol–water partition coefficient (Wildman–Crippen LogP) is 1.92. The summed E-state index contributed by atoms with van der Waals surface area (Å²) in [7, 11) is -1.70. The lowest BCUT2D eigenvalue weighted by atomic mass is 10.4. The van der Waals surface area contributed by atoms with Gasteiger partial charge in [-0.3, -0.25) is 4.79 Å². The average molecular weight is 338 g/mol. The molecular weight excluding hydrogens is 320 g/mol. The molecule has 1 aromatic carbocycles. The van der Waals surface area contributed by atoms with Gasteiger partial charge in [0.05, 0.1) is 9.77 Å². The van der Waals surface area contributed by atoms with E-state index in [0.29, 0.717) is 11.4 Å². The molecule has 0 aliphatic rings. The predicted molar refractivity (Wildman–Crippen MR) is 87.1 cm³/mol. The third kappa shape index (κ3) is 3.94. The van der Waals surface area contributed by atoms with Gasteiger partial charge in [-0.15, -0.1) is 11.3 Å². The van der Waals surface area contributed by atoms with Crippen LogP contribution in [0, 0.1) is 0 Å². The summed E-state index contributed by atoms with van der Waals surface area (Å²) in [5.41, 5.74) is 0. The Hall–Kier alpha value is -1.70. The molecule has 2 N–H and O–H groups in total. The van der Waals surface area contributed by atoms with E-state index < -0.39 is 9.84 Å². The zero-order chi connectivity index (χ0) is 16.0. The number of amides is 1. The zero-order valence-corrected chi connectivity index (χ0v) is 13.8. The molecule has 0 atom stereocenters. The summed E-state index contributed by atoms with van der Waals surface area (Å²) >= 11 is 0.991. The molecule has 0 aliphatic heterocycles. The Kier molecular flexibility index (Phi) is 5.70. The van der Waals surface area contributed by atoms with E-state index >= 15 is 0 Å². The molecule has 0 fully saturated rings. The molecule has 0 spiro atoms. The largest absolute Gasteiger partial charge is 0.351 e. The van der Waals surface area contributed by atoms with Crippen LogP contribution in [0.1, 0.15) is 16.1 Å². The third-order valence-corrected chi connectivity index (χ3v) is 6.36. The van der Waals surface area contributed by atoms with Crippen molar-refractivity contribution in [2.24, 2.45) is 0 Å². The van der Waals surface area contributed by atoms with E-state index in [1.807, 2.05) is 7.05 Å². The monoisotopic (exact) mass is 338 g/mol. The highest BCUT2D eigenvalue weighted by atomic mass is 32.2. The summed E-state index contributed by atoms with van der Waals surface area (Å²) < 4.78 is 25.1. The van der Waals surface area contributed by atoms with Crippen LogP contribution in [-0.2, 0) is 9.84 Å². The molecule has 0 unspecified atom stereocenters. The van der Waals surface area contributed by atoms with Gasteiger partial charge in [-0.1, -0.05) is 18.2 Å². The van der Waals surface area contributed by atoms with Crippen LogP contribution < -0.4 is 10.6 Å². The average Bonchev–Trinajstić information content (AvgIpc) is 3.03. The summed E-state index contributed by atoms with van der Waals surface area (Å²) in [5.74, 6) is -0.240. The second-order valence-corrected chi connectivity index (χ2v) is 7.91. The summed E-state index contributed by atoms with van der Waals surface area (Å²) in [4.78, 5) is 12.6. The Balaban J connectivity index is 2.10. The molecule has 2 aromatic rings. The van der Waals surface area contributed by atoms with E-state index in [0.717, 1.165) is 24.3 Å². The molecule has 118 valence electrons. The second kappa shape index (κ2) is 7.53. The van der Waals surface area contributed by atoms with Gasteiger partial charge in [0.15, 0.2) is 0 Å². The number of hydrogen-bond acceptors (Lipinski definition) is 5. The van der Waals surface area contributed by atoms with Crippen molar-refractivity contribution in [3.8, 4) is 0 Å². The van der Waals surface area contributed by atoms with Crippen LogP contribution in [0.2, 0.25) is 0 Å². The van der Waals surface area contributed by atoms with Crippen molar-refractivity contribution >= 4 is 27.1 Å². The van der Waals surface area contributed by atoms with E-state index in [-0.39, 0.29) is 15.0 Å². The van der Waals surface area contributed by atoms with Crippen molar-refractivity contribution in [1.29, 1.82) is 0 Å². The molecule has 0 radical (unpaired) electrons. The first kappa shape index (κ1) is 16.7. The number of carbonyl (C=O) groups is 1. The van der Waals surface area contributed by atoms with Gasteiger partial charge in [0, 0.05) is 6.54 Å². The Morgan fingerprint density at radius 2 is 1.82 bits per heavy atom. The van der Waals surface area contributed by atoms with E-state index in [9.17, 15) is 13.2 Å². The van der Waals surface area contributed by atoms with Crippen LogP contribution in [0.4, 0.5) is 0 Å². The van der Waals surface area contributed by atoms with Crippen molar-refractivity contribution in [2.45, 2.75) is 15.5 Å². The van der Waals surface area contributed by atoms with Crippen molar-refractivity contribution < 1.29 is 13.2 Å². The Bertz CT molecular complexity index is 724. The molecule has 0 bridgehead atoms. The molecule has 0 aliphatic carbocycles. The Morgan fingerprint density at radius 3 is 2.50 bits per heavy atom. The number of carbonyl (C=O) groups excluding carboxylic acids is 1. The molecule has 0 saturated carbocycles. The lowest BCUT2D eigenvalue weighted by Crippen LogP contribution is -2.25. The van der Waals surface area contributed by atoms with Gasteiger partial charge in [-0.05, 0) is 44.3 Å². The molecule has 2 rings (SSSR count). The van der Waals surface area contributed by atoms with Crippen LogP contribution >= 0.6 is 11.3 Å². The molecule has 1 aromatic heterocycles. The van der Waals surface area contributed by atoms with Crippen molar-refractivity contribution in [1.82, 2.24) is 10.6 Å². The fourth-order valence-corrected chi connectivity index (χ4v) is 4.50. The topological polar surface area (TPSA) is 75.3 Å². The van der Waals surface area contributed by atoms with E-state index in [2.05, 4.69) is 10.6 Å². The highest BCUT2D eigenvalue weighted by molar-refractivity contribution is 7.93. The first-order valence-corrected chi connectivity index (χ1v) is 9.18. The number of benzene rings is 1. The second-order valence-electron chi connectivity index (χ2n) is 4.65. The summed E-state index contributed by atoms with van der Waals surface area (Å²) in [6.45, 7) is 1.37. The Labute approximate surface area is 134 Å². The van der Waals surface area contributed by atoms with E-state index in [4.69, 9.17) is 0 Å². The van der Waals surface area contributed by atoms with E-state index in [1.165, 1.54) is 6.07 Å². The first-order valence-electron chi connectivity index (χ1n) is 6.88. The molecule has 5 nitrogen and oxygen atoms in total. The minimum absolute atomic E-state index is 0.180. The van der Waals surface area contributed by atoms with Crippen LogP contribution in [0.3, 0.4) is 0 Å². The minimum atomic E-state index is -3.55. The summed E-state index contributed by atoms with van der Waals surface area (Å²) in [6.07, 6.45) is 0.822. The number of rotatable bonds is 7. The molecular formula is C15H18N2O3S2. The van der Waals surface area contributed by atoms with Crippen LogP contribution in [0.25, 0.3) is 0 Å². The first-order chi connectivity index (χ1) is 10.6. The number of thiophene rings is 1. The molecule has 22 heavy (non-hydrogen) atoms. The normalized spacial score (nSPS) is 11.3.